The normalized spacial score (nSPS) is 17.2. The van der Waals surface area contributed by atoms with Crippen LogP contribution in [0.15, 0.2) is 24.3 Å². The van der Waals surface area contributed by atoms with E-state index in [9.17, 15) is 0 Å². The molecule has 2 nitrogen and oxygen atoms in total. The molecule has 3 rings (SSSR count). The van der Waals surface area contributed by atoms with Crippen LogP contribution >= 0.6 is 11.6 Å². The summed E-state index contributed by atoms with van der Waals surface area (Å²) in [5.74, 6) is 3.04. The van der Waals surface area contributed by atoms with Gasteiger partial charge in [0.15, 0.2) is 0 Å². The third-order valence-electron chi connectivity index (χ3n) is 4.58. The summed E-state index contributed by atoms with van der Waals surface area (Å²) in [6, 6.07) is 8.45. The van der Waals surface area contributed by atoms with Gasteiger partial charge in [-0.2, -0.15) is 0 Å². The van der Waals surface area contributed by atoms with E-state index in [1.807, 2.05) is 0 Å². The molecule has 0 saturated heterocycles. The molecule has 0 spiro atoms. The monoisotopic (exact) mass is 360 g/mol. The minimum Gasteiger partial charge on any atom is -0.492 e. The minimum atomic E-state index is 0.174. The summed E-state index contributed by atoms with van der Waals surface area (Å²) in [5.41, 5.74) is 2.55. The van der Waals surface area contributed by atoms with Crippen molar-refractivity contribution >= 4 is 22.4 Å². The first-order chi connectivity index (χ1) is 12.0. The van der Waals surface area contributed by atoms with Crippen LogP contribution in [0.4, 0.5) is 0 Å². The molecule has 0 saturated carbocycles. The zero-order valence-corrected chi connectivity index (χ0v) is 16.5. The van der Waals surface area contributed by atoms with Crippen LogP contribution in [0.2, 0.25) is 0 Å². The van der Waals surface area contributed by atoms with Crippen molar-refractivity contribution in [2.24, 2.45) is 11.8 Å². The maximum atomic E-state index is 6.51. The molecular weight excluding hydrogens is 332 g/mol. The number of rotatable bonds is 6. The highest BCUT2D eigenvalue weighted by atomic mass is 35.5. The molecule has 1 aliphatic carbocycles. The number of fused-ring (bicyclic) bond motifs is 2. The van der Waals surface area contributed by atoms with Crippen molar-refractivity contribution in [3.8, 4) is 11.5 Å². The number of hydrogen-bond acceptors (Lipinski definition) is 2. The molecule has 1 aliphatic rings. The van der Waals surface area contributed by atoms with E-state index in [1.54, 1.807) is 0 Å². The molecule has 2 aromatic rings. The van der Waals surface area contributed by atoms with Gasteiger partial charge >= 0.3 is 0 Å². The van der Waals surface area contributed by atoms with Gasteiger partial charge in [-0.1, -0.05) is 52.0 Å². The average Bonchev–Trinajstić information content (AvgIpc) is 2.57. The summed E-state index contributed by atoms with van der Waals surface area (Å²) in [4.78, 5) is 0. The maximum Gasteiger partial charge on any atom is 0.130 e. The Hall–Kier alpha value is -1.41. The van der Waals surface area contributed by atoms with Gasteiger partial charge in [0.25, 0.3) is 0 Å². The Morgan fingerprint density at radius 2 is 1.44 bits per heavy atom. The van der Waals surface area contributed by atoms with Crippen LogP contribution in [0.5, 0.6) is 11.5 Å². The number of alkyl halides is 1. The lowest BCUT2D eigenvalue weighted by atomic mass is 9.87. The Morgan fingerprint density at radius 1 is 0.920 bits per heavy atom. The number of ether oxygens (including phenoxy) is 2. The van der Waals surface area contributed by atoms with Crippen molar-refractivity contribution in [1.29, 1.82) is 0 Å². The van der Waals surface area contributed by atoms with Gasteiger partial charge in [0.05, 0.1) is 13.2 Å². The fourth-order valence-electron chi connectivity index (χ4n) is 3.41. The van der Waals surface area contributed by atoms with E-state index in [0.717, 1.165) is 54.7 Å². The Bertz CT molecular complexity index is 736. The number of hydrogen-bond donors (Lipinski definition) is 0. The highest BCUT2D eigenvalue weighted by Gasteiger charge is 2.27. The predicted molar refractivity (Wildman–Crippen MR) is 106 cm³/mol. The van der Waals surface area contributed by atoms with Crippen molar-refractivity contribution < 1.29 is 9.47 Å². The summed E-state index contributed by atoms with van der Waals surface area (Å²) in [6.45, 7) is 10.2. The summed E-state index contributed by atoms with van der Waals surface area (Å²) in [7, 11) is 0. The average molecular weight is 361 g/mol. The van der Waals surface area contributed by atoms with E-state index in [-0.39, 0.29) is 5.38 Å². The lowest BCUT2D eigenvalue weighted by Gasteiger charge is -2.28. The third-order valence-corrected chi connectivity index (χ3v) is 4.96. The van der Waals surface area contributed by atoms with E-state index in [0.29, 0.717) is 11.8 Å². The van der Waals surface area contributed by atoms with Crippen LogP contribution < -0.4 is 9.47 Å². The molecule has 25 heavy (non-hydrogen) atoms. The van der Waals surface area contributed by atoms with Gasteiger partial charge < -0.3 is 9.47 Å². The fraction of sp³-hybridized carbons (Fsp3) is 0.545. The molecule has 0 amide bonds. The summed E-state index contributed by atoms with van der Waals surface area (Å²) in [5, 5.41) is 2.48. The molecule has 1 unspecified atom stereocenters. The quantitative estimate of drug-likeness (QED) is 0.587. The van der Waals surface area contributed by atoms with E-state index in [2.05, 4.69) is 52.0 Å². The minimum absolute atomic E-state index is 0.174. The van der Waals surface area contributed by atoms with Crippen LogP contribution in [-0.2, 0) is 12.8 Å². The molecule has 0 heterocycles. The van der Waals surface area contributed by atoms with Gasteiger partial charge in [0, 0.05) is 27.3 Å². The molecule has 0 radical (unpaired) electrons. The molecule has 0 aromatic heterocycles. The molecule has 0 N–H and O–H groups in total. The van der Waals surface area contributed by atoms with E-state index in [1.165, 1.54) is 11.1 Å². The fourth-order valence-corrected chi connectivity index (χ4v) is 3.68. The van der Waals surface area contributed by atoms with Gasteiger partial charge in [0.1, 0.15) is 11.5 Å². The second-order valence-corrected chi connectivity index (χ2v) is 8.53. The summed E-state index contributed by atoms with van der Waals surface area (Å²) >= 11 is 6.51. The van der Waals surface area contributed by atoms with E-state index >= 15 is 0 Å². The second kappa shape index (κ2) is 7.86. The molecule has 0 bridgehead atoms. The maximum absolute atomic E-state index is 6.51. The van der Waals surface area contributed by atoms with E-state index < -0.39 is 0 Å². The molecule has 2 aromatic carbocycles. The molecule has 0 aliphatic heterocycles. The third kappa shape index (κ3) is 4.06. The number of halogens is 1. The standard InChI is InChI=1S/C22H29ClO2/c1-14(2)12-24-21-17-7-5-6-8-18(17)22(25-13-15(3)4)20-11-16(23)9-10-19(20)21/h5-8,14-16H,9-13H2,1-4H3. The Kier molecular flexibility index (Phi) is 5.78. The first-order valence-electron chi connectivity index (χ1n) is 9.43. The highest BCUT2D eigenvalue weighted by Crippen LogP contribution is 2.45. The first kappa shape index (κ1) is 18.4. The SMILES string of the molecule is CC(C)COc1c2c(c(OCC(C)C)c3ccccc13)CC(Cl)CC2. The summed E-state index contributed by atoms with van der Waals surface area (Å²) in [6.07, 6.45) is 2.81. The first-order valence-corrected chi connectivity index (χ1v) is 9.87. The van der Waals surface area contributed by atoms with Gasteiger partial charge in [0.2, 0.25) is 0 Å². The van der Waals surface area contributed by atoms with Gasteiger partial charge in [-0.15, -0.1) is 11.6 Å². The van der Waals surface area contributed by atoms with Gasteiger partial charge in [-0.25, -0.2) is 0 Å². The highest BCUT2D eigenvalue weighted by molar-refractivity contribution is 6.21. The van der Waals surface area contributed by atoms with Gasteiger partial charge in [-0.05, 0) is 31.1 Å². The van der Waals surface area contributed by atoms with Crippen LogP contribution in [0.1, 0.15) is 45.2 Å². The molecule has 136 valence electrons. The predicted octanol–water partition coefficient (Wildman–Crippen LogP) is 6.01. The van der Waals surface area contributed by atoms with Crippen molar-refractivity contribution in [3.05, 3.63) is 35.4 Å². The van der Waals surface area contributed by atoms with Crippen LogP contribution in [0.3, 0.4) is 0 Å². The van der Waals surface area contributed by atoms with Crippen LogP contribution in [-0.4, -0.2) is 18.6 Å². The zero-order chi connectivity index (χ0) is 18.0. The lowest BCUT2D eigenvalue weighted by Crippen LogP contribution is -2.19. The van der Waals surface area contributed by atoms with E-state index in [4.69, 9.17) is 21.1 Å². The van der Waals surface area contributed by atoms with Crippen LogP contribution in [0.25, 0.3) is 10.8 Å². The molecule has 0 fully saturated rings. The largest absolute Gasteiger partial charge is 0.492 e. The van der Waals surface area contributed by atoms with Crippen molar-refractivity contribution in [2.75, 3.05) is 13.2 Å². The number of benzene rings is 2. The van der Waals surface area contributed by atoms with Crippen LogP contribution in [0, 0.1) is 11.8 Å². The lowest BCUT2D eigenvalue weighted by molar-refractivity contribution is 0.263. The Labute approximate surface area is 156 Å². The Balaban J connectivity index is 2.16. The molecule has 3 heteroatoms. The molecular formula is C22H29ClO2. The van der Waals surface area contributed by atoms with Crippen molar-refractivity contribution in [1.82, 2.24) is 0 Å². The summed E-state index contributed by atoms with van der Waals surface area (Å²) < 4.78 is 12.6. The topological polar surface area (TPSA) is 18.5 Å². The molecule has 1 atom stereocenters. The Morgan fingerprint density at radius 3 is 1.96 bits per heavy atom. The second-order valence-electron chi connectivity index (χ2n) is 7.91. The van der Waals surface area contributed by atoms with Crippen molar-refractivity contribution in [2.45, 2.75) is 52.3 Å². The smallest absolute Gasteiger partial charge is 0.130 e. The van der Waals surface area contributed by atoms with Gasteiger partial charge in [-0.3, -0.25) is 0 Å². The van der Waals surface area contributed by atoms with Crippen molar-refractivity contribution in [3.63, 3.8) is 0 Å². The zero-order valence-electron chi connectivity index (χ0n) is 15.8.